The second-order valence-corrected chi connectivity index (χ2v) is 8.70. The molecule has 30 heavy (non-hydrogen) atoms. The molecule has 8 heteroatoms. The van der Waals surface area contributed by atoms with Crippen LogP contribution in [0.4, 0.5) is 4.79 Å². The molecule has 7 nitrogen and oxygen atoms in total. The summed E-state index contributed by atoms with van der Waals surface area (Å²) < 4.78 is 5.38. The number of likely N-dealkylation sites (tertiary alicyclic amines) is 1. The Morgan fingerprint density at radius 2 is 2.07 bits per heavy atom. The lowest BCUT2D eigenvalue weighted by Crippen LogP contribution is -2.53. The Morgan fingerprint density at radius 3 is 2.87 bits per heavy atom. The predicted octanol–water partition coefficient (Wildman–Crippen LogP) is 3.38. The molecule has 0 saturated carbocycles. The molecule has 4 rings (SSSR count). The van der Waals surface area contributed by atoms with Crippen LogP contribution < -0.4 is 5.32 Å². The van der Waals surface area contributed by atoms with E-state index in [0.29, 0.717) is 31.3 Å². The van der Waals surface area contributed by atoms with E-state index in [2.05, 4.69) is 10.3 Å². The number of carbonyl (C=O) groups is 2. The highest BCUT2D eigenvalue weighted by atomic mass is 35.5. The summed E-state index contributed by atoms with van der Waals surface area (Å²) in [5.41, 5.74) is 1.92. The van der Waals surface area contributed by atoms with E-state index in [0.717, 1.165) is 48.8 Å². The van der Waals surface area contributed by atoms with E-state index in [4.69, 9.17) is 16.3 Å². The second-order valence-electron chi connectivity index (χ2n) is 8.26. The Balaban J connectivity index is 1.31. The van der Waals surface area contributed by atoms with Crippen molar-refractivity contribution in [1.82, 2.24) is 20.1 Å². The first kappa shape index (κ1) is 21.0. The maximum absolute atomic E-state index is 12.8. The first-order valence-electron chi connectivity index (χ1n) is 10.7. The van der Waals surface area contributed by atoms with Gasteiger partial charge in [0.1, 0.15) is 0 Å². The first-order valence-corrected chi connectivity index (χ1v) is 11.0. The number of rotatable bonds is 4. The van der Waals surface area contributed by atoms with Crippen molar-refractivity contribution in [3.05, 3.63) is 35.0 Å². The van der Waals surface area contributed by atoms with Crippen molar-refractivity contribution < 1.29 is 14.3 Å². The van der Waals surface area contributed by atoms with Crippen molar-refractivity contribution in [2.75, 3.05) is 33.4 Å². The van der Waals surface area contributed by atoms with E-state index in [1.54, 1.807) is 4.90 Å². The number of ether oxygens (including phenoxy) is 1. The van der Waals surface area contributed by atoms with Gasteiger partial charge in [-0.3, -0.25) is 4.79 Å². The van der Waals surface area contributed by atoms with Crippen LogP contribution in [-0.2, 0) is 16.1 Å². The highest BCUT2D eigenvalue weighted by Crippen LogP contribution is 2.23. The monoisotopic (exact) mass is 432 g/mol. The third-order valence-corrected chi connectivity index (χ3v) is 6.45. The molecule has 0 radical (unpaired) electrons. The van der Waals surface area contributed by atoms with Gasteiger partial charge >= 0.3 is 6.03 Å². The molecular weight excluding hydrogens is 404 g/mol. The van der Waals surface area contributed by atoms with Crippen LogP contribution in [0.5, 0.6) is 0 Å². The summed E-state index contributed by atoms with van der Waals surface area (Å²) >= 11 is 6.04. The van der Waals surface area contributed by atoms with E-state index in [1.165, 1.54) is 0 Å². The molecule has 2 aromatic rings. The number of aromatic amines is 1. The fraction of sp³-hybridized carbons (Fsp3) is 0.545. The highest BCUT2D eigenvalue weighted by Gasteiger charge is 2.32. The molecule has 2 aliphatic heterocycles. The van der Waals surface area contributed by atoms with Gasteiger partial charge in [0, 0.05) is 60.9 Å². The van der Waals surface area contributed by atoms with Crippen molar-refractivity contribution in [1.29, 1.82) is 0 Å². The molecule has 162 valence electrons. The number of H-pyrrole nitrogens is 1. The average Bonchev–Trinajstić information content (AvgIpc) is 3.19. The van der Waals surface area contributed by atoms with Crippen LogP contribution in [0.2, 0.25) is 5.02 Å². The van der Waals surface area contributed by atoms with Crippen LogP contribution in [0.1, 0.15) is 31.4 Å². The minimum Gasteiger partial charge on any atom is -0.381 e. The van der Waals surface area contributed by atoms with Gasteiger partial charge in [-0.15, -0.1) is 0 Å². The van der Waals surface area contributed by atoms with Crippen LogP contribution in [0.25, 0.3) is 10.9 Å². The fourth-order valence-electron chi connectivity index (χ4n) is 4.39. The number of urea groups is 1. The number of halogens is 1. The first-order chi connectivity index (χ1) is 14.5. The zero-order chi connectivity index (χ0) is 21.1. The number of carbonyl (C=O) groups excluding carboxylic acids is 2. The van der Waals surface area contributed by atoms with E-state index >= 15 is 0 Å². The van der Waals surface area contributed by atoms with Gasteiger partial charge in [-0.2, -0.15) is 0 Å². The molecule has 3 amide bonds. The van der Waals surface area contributed by atoms with Gasteiger partial charge in [-0.1, -0.05) is 11.6 Å². The molecular formula is C22H29ClN4O3. The number of benzene rings is 1. The van der Waals surface area contributed by atoms with Crippen molar-refractivity contribution >= 4 is 34.4 Å². The molecule has 1 aromatic heterocycles. The zero-order valence-electron chi connectivity index (χ0n) is 17.3. The van der Waals surface area contributed by atoms with Crippen LogP contribution >= 0.6 is 11.6 Å². The molecule has 1 atom stereocenters. The standard InChI is InChI=1S/C22H29ClN4O3/c1-26(19-3-2-8-27(14-19)21(28)15-6-9-30-10-7-15)22(29)24-13-18-12-16-11-17(23)4-5-20(16)25-18/h4-5,11-12,15,19,25H,2-3,6-10,13-14H2,1H3,(H,24,29)/t19-/m1/s1. The lowest BCUT2D eigenvalue weighted by Gasteiger charge is -2.39. The van der Waals surface area contributed by atoms with Crippen LogP contribution in [-0.4, -0.2) is 66.1 Å². The van der Waals surface area contributed by atoms with E-state index in [1.807, 2.05) is 36.2 Å². The smallest absolute Gasteiger partial charge is 0.317 e. The fourth-order valence-corrected chi connectivity index (χ4v) is 4.57. The summed E-state index contributed by atoms with van der Waals surface area (Å²) in [5, 5.41) is 4.69. The van der Waals surface area contributed by atoms with E-state index in [9.17, 15) is 9.59 Å². The quantitative estimate of drug-likeness (QED) is 0.777. The van der Waals surface area contributed by atoms with Gasteiger partial charge in [-0.25, -0.2) is 4.79 Å². The summed E-state index contributed by atoms with van der Waals surface area (Å²) in [6.45, 7) is 3.11. The zero-order valence-corrected chi connectivity index (χ0v) is 18.1. The van der Waals surface area contributed by atoms with Gasteiger partial charge in [0.05, 0.1) is 12.6 Å². The summed E-state index contributed by atoms with van der Waals surface area (Å²) in [4.78, 5) is 32.6. The number of fused-ring (bicyclic) bond motifs is 1. The van der Waals surface area contributed by atoms with Crippen LogP contribution in [0.15, 0.2) is 24.3 Å². The number of hydrogen-bond acceptors (Lipinski definition) is 3. The molecule has 3 heterocycles. The Kier molecular flexibility index (Phi) is 6.49. The van der Waals surface area contributed by atoms with Crippen molar-refractivity contribution in [3.63, 3.8) is 0 Å². The lowest BCUT2D eigenvalue weighted by atomic mass is 9.96. The van der Waals surface area contributed by atoms with Crippen molar-refractivity contribution in [2.45, 2.75) is 38.3 Å². The van der Waals surface area contributed by atoms with Gasteiger partial charge in [-0.05, 0) is 49.9 Å². The van der Waals surface area contributed by atoms with Gasteiger partial charge in [0.2, 0.25) is 5.91 Å². The summed E-state index contributed by atoms with van der Waals surface area (Å²) in [7, 11) is 1.81. The Bertz CT molecular complexity index is 909. The van der Waals surface area contributed by atoms with Crippen molar-refractivity contribution in [3.8, 4) is 0 Å². The van der Waals surface area contributed by atoms with Crippen LogP contribution in [0, 0.1) is 5.92 Å². The predicted molar refractivity (Wildman–Crippen MR) is 116 cm³/mol. The number of amides is 3. The number of aromatic nitrogens is 1. The molecule has 0 aliphatic carbocycles. The van der Waals surface area contributed by atoms with Gasteiger partial charge in [0.25, 0.3) is 0 Å². The molecule has 2 fully saturated rings. The molecule has 2 N–H and O–H groups in total. The normalized spacial score (nSPS) is 20.3. The number of nitrogens with one attached hydrogen (secondary N) is 2. The maximum Gasteiger partial charge on any atom is 0.317 e. The maximum atomic E-state index is 12.8. The Morgan fingerprint density at radius 1 is 1.27 bits per heavy atom. The number of piperidine rings is 1. The second kappa shape index (κ2) is 9.27. The summed E-state index contributed by atoms with van der Waals surface area (Å²) in [5.74, 6) is 0.278. The average molecular weight is 433 g/mol. The lowest BCUT2D eigenvalue weighted by molar-refractivity contribution is -0.140. The minimum absolute atomic E-state index is 0.0315. The van der Waals surface area contributed by atoms with Crippen LogP contribution in [0.3, 0.4) is 0 Å². The molecule has 2 saturated heterocycles. The number of nitrogens with zero attached hydrogens (tertiary/aromatic N) is 2. The summed E-state index contributed by atoms with van der Waals surface area (Å²) in [6, 6.07) is 7.57. The Hall–Kier alpha value is -2.25. The number of likely N-dealkylation sites (N-methyl/N-ethyl adjacent to an activating group) is 1. The Labute approximate surface area is 181 Å². The minimum atomic E-state index is -0.128. The molecule has 0 bridgehead atoms. The molecule has 2 aliphatic rings. The summed E-state index contributed by atoms with van der Waals surface area (Å²) in [6.07, 6.45) is 3.42. The molecule has 1 aromatic carbocycles. The number of hydrogen-bond donors (Lipinski definition) is 2. The van der Waals surface area contributed by atoms with Gasteiger partial charge in [0.15, 0.2) is 0 Å². The largest absolute Gasteiger partial charge is 0.381 e. The third kappa shape index (κ3) is 4.73. The highest BCUT2D eigenvalue weighted by molar-refractivity contribution is 6.31. The molecule has 0 unspecified atom stereocenters. The molecule has 0 spiro atoms. The van der Waals surface area contributed by atoms with Crippen molar-refractivity contribution in [2.24, 2.45) is 5.92 Å². The SMILES string of the molecule is CN(C(=O)NCc1cc2cc(Cl)ccc2[nH]1)[C@@H]1CCCN(C(=O)C2CCOCC2)C1. The third-order valence-electron chi connectivity index (χ3n) is 6.22. The topological polar surface area (TPSA) is 77.7 Å². The van der Waals surface area contributed by atoms with E-state index in [-0.39, 0.29) is 23.9 Å². The van der Waals surface area contributed by atoms with Gasteiger partial charge < -0.3 is 24.8 Å². The van der Waals surface area contributed by atoms with E-state index < -0.39 is 0 Å².